The van der Waals surface area contributed by atoms with Crippen LogP contribution in [0.4, 0.5) is 0 Å². The second kappa shape index (κ2) is 8.20. The molecule has 0 amide bonds. The van der Waals surface area contributed by atoms with Gasteiger partial charge in [0, 0.05) is 18.3 Å². The van der Waals surface area contributed by atoms with Gasteiger partial charge in [-0.1, -0.05) is 72.8 Å². The fourth-order valence-corrected chi connectivity index (χ4v) is 5.01. The maximum absolute atomic E-state index is 4.86. The van der Waals surface area contributed by atoms with Crippen LogP contribution in [0, 0.1) is 0 Å². The molecule has 0 radical (unpaired) electrons. The van der Waals surface area contributed by atoms with Gasteiger partial charge in [0.1, 0.15) is 5.82 Å². The number of hydrogen-bond donors (Lipinski definition) is 0. The van der Waals surface area contributed by atoms with E-state index in [1.165, 1.54) is 44.5 Å². The van der Waals surface area contributed by atoms with Crippen molar-refractivity contribution >= 4 is 6.08 Å². The fourth-order valence-electron chi connectivity index (χ4n) is 5.01. The average molecular weight is 415 g/mol. The third-order valence-electron chi connectivity index (χ3n) is 6.78. The summed E-state index contributed by atoms with van der Waals surface area (Å²) in [5, 5.41) is 0. The van der Waals surface area contributed by atoms with Crippen LogP contribution in [-0.4, -0.2) is 9.97 Å². The molecule has 1 aromatic heterocycles. The van der Waals surface area contributed by atoms with Crippen molar-refractivity contribution in [3.8, 4) is 11.1 Å². The van der Waals surface area contributed by atoms with Gasteiger partial charge in [0.15, 0.2) is 0 Å². The first-order valence-electron chi connectivity index (χ1n) is 11.6. The lowest BCUT2D eigenvalue weighted by Crippen LogP contribution is -2.03. The van der Waals surface area contributed by atoms with Crippen molar-refractivity contribution in [3.63, 3.8) is 0 Å². The highest BCUT2D eigenvalue weighted by Crippen LogP contribution is 2.37. The fraction of sp³-hybridized carbons (Fsp3) is 0.200. The summed E-state index contributed by atoms with van der Waals surface area (Å²) in [6, 6.07) is 24.6. The summed E-state index contributed by atoms with van der Waals surface area (Å²) in [6.07, 6.45) is 12.3. The molecule has 2 heteroatoms. The minimum atomic E-state index is 0.873. The summed E-state index contributed by atoms with van der Waals surface area (Å²) in [6.45, 7) is 0. The van der Waals surface area contributed by atoms with E-state index >= 15 is 0 Å². The lowest BCUT2D eigenvalue weighted by atomic mass is 10.0. The Bertz CT molecular complexity index is 1330. The van der Waals surface area contributed by atoms with Crippen molar-refractivity contribution in [2.45, 2.75) is 38.5 Å². The van der Waals surface area contributed by atoms with Gasteiger partial charge < -0.3 is 0 Å². The Labute approximate surface area is 189 Å². The molecule has 6 rings (SSSR count). The molecule has 2 aliphatic carbocycles. The average Bonchev–Trinajstić information content (AvgIpc) is 3.45. The van der Waals surface area contributed by atoms with Gasteiger partial charge in [-0.25, -0.2) is 9.97 Å². The third-order valence-corrected chi connectivity index (χ3v) is 6.78. The molecule has 0 fully saturated rings. The first-order valence-corrected chi connectivity index (χ1v) is 11.6. The van der Waals surface area contributed by atoms with Crippen molar-refractivity contribution in [1.82, 2.24) is 9.97 Å². The molecular weight excluding hydrogens is 388 g/mol. The zero-order valence-electron chi connectivity index (χ0n) is 18.2. The maximum atomic E-state index is 4.86. The number of nitrogens with zero attached hydrogens (tertiary/aromatic N) is 2. The van der Waals surface area contributed by atoms with Crippen LogP contribution >= 0.6 is 0 Å². The number of aryl methyl sites for hydroxylation is 4. The normalized spacial score (nSPS) is 13.1. The van der Waals surface area contributed by atoms with Crippen molar-refractivity contribution < 1.29 is 0 Å². The summed E-state index contributed by atoms with van der Waals surface area (Å²) < 4.78 is 0. The number of aromatic nitrogens is 2. The number of hydrogen-bond acceptors (Lipinski definition) is 2. The maximum Gasteiger partial charge on any atom is 0.128 e. The molecule has 2 nitrogen and oxygen atoms in total. The standard InChI is InChI=1S/C30H26N2/c1-2-7-28-25(4-1)20-26-13-9-22(19-29(26)28)11-15-30-31-17-16-27(32-30)14-10-21-8-12-23-5-3-6-24(23)18-21/h1-4,6-9,12-13,16-19H,5,10-11,14-15,20H2. The van der Waals surface area contributed by atoms with Crippen LogP contribution in [-0.2, 0) is 38.5 Å². The molecule has 3 aromatic carbocycles. The van der Waals surface area contributed by atoms with E-state index in [1.807, 2.05) is 6.20 Å². The molecule has 4 aromatic rings. The van der Waals surface area contributed by atoms with Gasteiger partial charge in [0.25, 0.3) is 0 Å². The van der Waals surface area contributed by atoms with Gasteiger partial charge >= 0.3 is 0 Å². The van der Waals surface area contributed by atoms with Crippen LogP contribution in [0.15, 0.2) is 79.0 Å². The second-order valence-corrected chi connectivity index (χ2v) is 8.93. The van der Waals surface area contributed by atoms with Gasteiger partial charge in [0.2, 0.25) is 0 Å². The minimum absolute atomic E-state index is 0.873. The van der Waals surface area contributed by atoms with Gasteiger partial charge in [-0.2, -0.15) is 0 Å². The lowest BCUT2D eigenvalue weighted by molar-refractivity contribution is 0.814. The van der Waals surface area contributed by atoms with Crippen LogP contribution in [0.5, 0.6) is 0 Å². The number of benzene rings is 3. The molecule has 0 unspecified atom stereocenters. The molecule has 0 spiro atoms. The molecule has 2 aliphatic rings. The molecule has 156 valence electrons. The van der Waals surface area contributed by atoms with Gasteiger partial charge in [-0.3, -0.25) is 0 Å². The van der Waals surface area contributed by atoms with E-state index in [-0.39, 0.29) is 0 Å². The summed E-state index contributed by atoms with van der Waals surface area (Å²) in [5.41, 5.74) is 12.4. The zero-order valence-corrected chi connectivity index (χ0v) is 18.2. The van der Waals surface area contributed by atoms with Gasteiger partial charge in [0.05, 0.1) is 0 Å². The Morgan fingerprint density at radius 3 is 2.47 bits per heavy atom. The van der Waals surface area contributed by atoms with Gasteiger partial charge in [-0.15, -0.1) is 0 Å². The second-order valence-electron chi connectivity index (χ2n) is 8.93. The quantitative estimate of drug-likeness (QED) is 0.331. The molecule has 0 N–H and O–H groups in total. The Kier molecular flexibility index (Phi) is 4.92. The topological polar surface area (TPSA) is 25.8 Å². The van der Waals surface area contributed by atoms with Crippen LogP contribution in [0.3, 0.4) is 0 Å². The summed E-state index contributed by atoms with van der Waals surface area (Å²) in [5.74, 6) is 0.945. The highest BCUT2D eigenvalue weighted by Gasteiger charge is 2.17. The molecule has 0 aliphatic heterocycles. The first kappa shape index (κ1) is 19.2. The van der Waals surface area contributed by atoms with Crippen LogP contribution in [0.1, 0.15) is 44.9 Å². The Hall–Kier alpha value is -3.52. The largest absolute Gasteiger partial charge is 0.241 e. The molecule has 0 bridgehead atoms. The lowest BCUT2D eigenvalue weighted by Gasteiger charge is -2.08. The van der Waals surface area contributed by atoms with E-state index in [0.717, 1.165) is 50.0 Å². The van der Waals surface area contributed by atoms with Crippen LogP contribution in [0.25, 0.3) is 17.2 Å². The van der Waals surface area contributed by atoms with E-state index in [0.29, 0.717) is 0 Å². The molecule has 0 atom stereocenters. The smallest absolute Gasteiger partial charge is 0.128 e. The predicted molar refractivity (Wildman–Crippen MR) is 131 cm³/mol. The van der Waals surface area contributed by atoms with Crippen LogP contribution < -0.4 is 0 Å². The number of fused-ring (bicyclic) bond motifs is 4. The van der Waals surface area contributed by atoms with Crippen molar-refractivity contribution in [3.05, 3.63) is 124 Å². The van der Waals surface area contributed by atoms with E-state index in [1.54, 1.807) is 0 Å². The highest BCUT2D eigenvalue weighted by molar-refractivity contribution is 5.77. The Balaban J connectivity index is 1.11. The minimum Gasteiger partial charge on any atom is -0.241 e. The third kappa shape index (κ3) is 3.78. The van der Waals surface area contributed by atoms with E-state index in [4.69, 9.17) is 4.98 Å². The molecule has 0 saturated carbocycles. The van der Waals surface area contributed by atoms with E-state index < -0.39 is 0 Å². The molecular formula is C30H26N2. The van der Waals surface area contributed by atoms with E-state index in [2.05, 4.69) is 83.9 Å². The summed E-state index contributed by atoms with van der Waals surface area (Å²) >= 11 is 0. The van der Waals surface area contributed by atoms with Crippen molar-refractivity contribution in [2.24, 2.45) is 0 Å². The molecule has 32 heavy (non-hydrogen) atoms. The SMILES string of the molecule is C1=Cc2cc(CCc3ccnc(CCc4ccc5c(c4)-c4ccccc4C5)n3)ccc2C1. The van der Waals surface area contributed by atoms with Crippen molar-refractivity contribution in [1.29, 1.82) is 0 Å². The zero-order chi connectivity index (χ0) is 21.3. The Morgan fingerprint density at radius 1 is 0.688 bits per heavy atom. The van der Waals surface area contributed by atoms with E-state index in [9.17, 15) is 0 Å². The number of rotatable bonds is 6. The predicted octanol–water partition coefficient (Wildman–Crippen LogP) is 6.19. The van der Waals surface area contributed by atoms with Crippen LogP contribution in [0.2, 0.25) is 0 Å². The molecule has 1 heterocycles. The highest BCUT2D eigenvalue weighted by atomic mass is 14.9. The number of allylic oxidation sites excluding steroid dienone is 1. The van der Waals surface area contributed by atoms with Gasteiger partial charge in [-0.05, 0) is 82.7 Å². The Morgan fingerprint density at radius 2 is 1.50 bits per heavy atom. The monoisotopic (exact) mass is 414 g/mol. The first-order chi connectivity index (χ1) is 15.8. The summed E-state index contributed by atoms with van der Waals surface area (Å²) in [4.78, 5) is 9.40. The molecule has 0 saturated heterocycles. The summed E-state index contributed by atoms with van der Waals surface area (Å²) in [7, 11) is 0. The van der Waals surface area contributed by atoms with Crippen molar-refractivity contribution in [2.75, 3.05) is 0 Å².